The van der Waals surface area contributed by atoms with Gasteiger partial charge in [0.1, 0.15) is 5.60 Å². The Kier molecular flexibility index (Phi) is 5.60. The summed E-state index contributed by atoms with van der Waals surface area (Å²) in [6, 6.07) is 28.7. The molecule has 0 heterocycles. The Labute approximate surface area is 161 Å². The minimum Gasteiger partial charge on any atom is -0.444 e. The Balaban J connectivity index is 1.93. The lowest BCUT2D eigenvalue weighted by atomic mass is 9.85. The second kappa shape index (κ2) is 8.09. The van der Waals surface area contributed by atoms with Crippen LogP contribution in [0.3, 0.4) is 0 Å². The van der Waals surface area contributed by atoms with Crippen molar-refractivity contribution in [1.29, 1.82) is 0 Å². The average molecular weight is 359 g/mol. The molecule has 0 saturated carbocycles. The summed E-state index contributed by atoms with van der Waals surface area (Å²) in [5.74, 6) is 0.0905. The predicted octanol–water partition coefficient (Wildman–Crippen LogP) is 6.21. The van der Waals surface area contributed by atoms with Crippen LogP contribution in [0.4, 0.5) is 10.5 Å². The number of benzene rings is 3. The molecule has 3 rings (SSSR count). The van der Waals surface area contributed by atoms with Gasteiger partial charge in [-0.3, -0.25) is 5.32 Å². The predicted molar refractivity (Wildman–Crippen MR) is 110 cm³/mol. The standard InChI is InChI=1S/C24H25NO2/c1-24(2,3)27-23(26)25-21-16-10-15-20(17-21)22(18-11-6-4-7-12-18)19-13-8-5-9-14-19/h4-17,22H,1-3H3,(H,25,26). The first-order chi connectivity index (χ1) is 12.9. The molecule has 138 valence electrons. The van der Waals surface area contributed by atoms with Crippen molar-refractivity contribution >= 4 is 11.8 Å². The molecule has 0 aliphatic heterocycles. The van der Waals surface area contributed by atoms with E-state index in [0.717, 1.165) is 11.3 Å². The molecule has 0 radical (unpaired) electrons. The van der Waals surface area contributed by atoms with E-state index in [0.29, 0.717) is 0 Å². The Bertz CT molecular complexity index is 844. The summed E-state index contributed by atoms with van der Waals surface area (Å²) in [6.45, 7) is 5.55. The fourth-order valence-corrected chi connectivity index (χ4v) is 3.09. The van der Waals surface area contributed by atoms with Gasteiger partial charge in [0, 0.05) is 11.6 Å². The van der Waals surface area contributed by atoms with Crippen molar-refractivity contribution < 1.29 is 9.53 Å². The van der Waals surface area contributed by atoms with Gasteiger partial charge in [0.05, 0.1) is 0 Å². The third-order valence-corrected chi connectivity index (χ3v) is 4.13. The lowest BCUT2D eigenvalue weighted by Gasteiger charge is -2.21. The SMILES string of the molecule is CC(C)(C)OC(=O)Nc1cccc(C(c2ccccc2)c2ccccc2)c1. The number of ether oxygens (including phenoxy) is 1. The maximum atomic E-state index is 12.1. The van der Waals surface area contributed by atoms with Gasteiger partial charge in [0.15, 0.2) is 0 Å². The third kappa shape index (κ3) is 5.20. The Morgan fingerprint density at radius 2 is 1.30 bits per heavy atom. The molecule has 0 atom stereocenters. The van der Waals surface area contributed by atoms with Gasteiger partial charge in [-0.1, -0.05) is 72.8 Å². The monoisotopic (exact) mass is 359 g/mol. The summed E-state index contributed by atoms with van der Waals surface area (Å²) in [4.78, 5) is 12.1. The zero-order valence-electron chi connectivity index (χ0n) is 16.0. The van der Waals surface area contributed by atoms with Crippen molar-refractivity contribution in [2.45, 2.75) is 32.3 Å². The van der Waals surface area contributed by atoms with Gasteiger partial charge in [-0.2, -0.15) is 0 Å². The summed E-state index contributed by atoms with van der Waals surface area (Å²) >= 11 is 0. The minimum absolute atomic E-state index is 0.0905. The van der Waals surface area contributed by atoms with E-state index in [1.807, 2.05) is 75.4 Å². The first-order valence-electron chi connectivity index (χ1n) is 9.12. The molecule has 3 nitrogen and oxygen atoms in total. The van der Waals surface area contributed by atoms with E-state index in [2.05, 4.69) is 35.6 Å². The zero-order chi connectivity index (χ0) is 19.3. The van der Waals surface area contributed by atoms with Gasteiger partial charge in [0.25, 0.3) is 0 Å². The summed E-state index contributed by atoms with van der Waals surface area (Å²) in [5.41, 5.74) is 3.72. The van der Waals surface area contributed by atoms with Gasteiger partial charge in [-0.25, -0.2) is 4.79 Å². The maximum Gasteiger partial charge on any atom is 0.412 e. The van der Waals surface area contributed by atoms with Crippen LogP contribution in [0.1, 0.15) is 43.4 Å². The number of hydrogen-bond acceptors (Lipinski definition) is 2. The first-order valence-corrected chi connectivity index (χ1v) is 9.12. The highest BCUT2D eigenvalue weighted by Gasteiger charge is 2.19. The summed E-state index contributed by atoms with van der Waals surface area (Å²) < 4.78 is 5.36. The molecule has 0 spiro atoms. The number of carbonyl (C=O) groups is 1. The van der Waals surface area contributed by atoms with Gasteiger partial charge >= 0.3 is 6.09 Å². The molecular weight excluding hydrogens is 334 g/mol. The highest BCUT2D eigenvalue weighted by molar-refractivity contribution is 5.85. The molecule has 1 amide bonds. The lowest BCUT2D eigenvalue weighted by molar-refractivity contribution is 0.0636. The third-order valence-electron chi connectivity index (χ3n) is 4.13. The molecule has 3 aromatic carbocycles. The number of rotatable bonds is 4. The Hall–Kier alpha value is -3.07. The lowest BCUT2D eigenvalue weighted by Crippen LogP contribution is -2.27. The quantitative estimate of drug-likeness (QED) is 0.562. The van der Waals surface area contributed by atoms with Gasteiger partial charge in [-0.05, 0) is 49.6 Å². The molecule has 3 aromatic rings. The van der Waals surface area contributed by atoms with Gasteiger partial charge in [-0.15, -0.1) is 0 Å². The van der Waals surface area contributed by atoms with Gasteiger partial charge < -0.3 is 4.74 Å². The highest BCUT2D eigenvalue weighted by Crippen LogP contribution is 2.33. The average Bonchev–Trinajstić information content (AvgIpc) is 2.62. The van der Waals surface area contributed by atoms with Crippen LogP contribution in [0.5, 0.6) is 0 Å². The Morgan fingerprint density at radius 3 is 1.81 bits per heavy atom. The molecule has 27 heavy (non-hydrogen) atoms. The van der Waals surface area contributed by atoms with Crippen molar-refractivity contribution in [3.8, 4) is 0 Å². The molecule has 0 fully saturated rings. The van der Waals surface area contributed by atoms with Crippen molar-refractivity contribution in [3.63, 3.8) is 0 Å². The first kappa shape index (κ1) is 18.7. The van der Waals surface area contributed by atoms with E-state index < -0.39 is 11.7 Å². The number of hydrogen-bond donors (Lipinski definition) is 1. The number of nitrogens with one attached hydrogen (secondary N) is 1. The molecule has 0 unspecified atom stereocenters. The minimum atomic E-state index is -0.529. The zero-order valence-corrected chi connectivity index (χ0v) is 16.0. The molecule has 0 bridgehead atoms. The van der Waals surface area contributed by atoms with Crippen molar-refractivity contribution in [1.82, 2.24) is 0 Å². The van der Waals surface area contributed by atoms with E-state index in [1.54, 1.807) is 0 Å². The molecule has 1 N–H and O–H groups in total. The normalized spacial score (nSPS) is 11.3. The van der Waals surface area contributed by atoms with Crippen LogP contribution in [0.15, 0.2) is 84.9 Å². The molecule has 0 aliphatic carbocycles. The second-order valence-electron chi connectivity index (χ2n) is 7.51. The summed E-state index contributed by atoms with van der Waals surface area (Å²) in [7, 11) is 0. The van der Waals surface area contributed by atoms with Crippen LogP contribution in [-0.4, -0.2) is 11.7 Å². The fraction of sp³-hybridized carbons (Fsp3) is 0.208. The van der Waals surface area contributed by atoms with Crippen LogP contribution in [0.25, 0.3) is 0 Å². The van der Waals surface area contributed by atoms with Crippen molar-refractivity contribution in [2.75, 3.05) is 5.32 Å². The van der Waals surface area contributed by atoms with Crippen LogP contribution in [-0.2, 0) is 4.74 Å². The van der Waals surface area contributed by atoms with E-state index in [1.165, 1.54) is 11.1 Å². The molecule has 0 saturated heterocycles. The largest absolute Gasteiger partial charge is 0.444 e. The Morgan fingerprint density at radius 1 is 0.778 bits per heavy atom. The van der Waals surface area contributed by atoms with E-state index in [-0.39, 0.29) is 5.92 Å². The maximum absolute atomic E-state index is 12.1. The number of carbonyl (C=O) groups excluding carboxylic acids is 1. The van der Waals surface area contributed by atoms with E-state index in [4.69, 9.17) is 4.74 Å². The molecule has 0 aromatic heterocycles. The number of amides is 1. The molecule has 3 heteroatoms. The van der Waals surface area contributed by atoms with E-state index in [9.17, 15) is 4.79 Å². The highest BCUT2D eigenvalue weighted by atomic mass is 16.6. The van der Waals surface area contributed by atoms with Gasteiger partial charge in [0.2, 0.25) is 0 Å². The number of anilines is 1. The van der Waals surface area contributed by atoms with Crippen molar-refractivity contribution in [2.24, 2.45) is 0 Å². The van der Waals surface area contributed by atoms with Crippen LogP contribution >= 0.6 is 0 Å². The summed E-state index contributed by atoms with van der Waals surface area (Å²) in [6.07, 6.45) is -0.448. The van der Waals surface area contributed by atoms with Crippen LogP contribution in [0, 0.1) is 0 Å². The van der Waals surface area contributed by atoms with E-state index >= 15 is 0 Å². The topological polar surface area (TPSA) is 38.3 Å². The van der Waals surface area contributed by atoms with Crippen LogP contribution < -0.4 is 5.32 Å². The molecule has 0 aliphatic rings. The second-order valence-corrected chi connectivity index (χ2v) is 7.51. The fourth-order valence-electron chi connectivity index (χ4n) is 3.09. The van der Waals surface area contributed by atoms with Crippen molar-refractivity contribution in [3.05, 3.63) is 102 Å². The van der Waals surface area contributed by atoms with Crippen LogP contribution in [0.2, 0.25) is 0 Å². The molecular formula is C24H25NO2. The smallest absolute Gasteiger partial charge is 0.412 e. The summed E-state index contributed by atoms with van der Waals surface area (Å²) in [5, 5.41) is 2.84.